The van der Waals surface area contributed by atoms with E-state index in [2.05, 4.69) is 26.3 Å². The number of alkyl halides is 6. The Morgan fingerprint density at radius 1 is 0.827 bits per heavy atom. The minimum absolute atomic E-state index is 0.252. The molecule has 10 heteroatoms. The molecule has 0 spiro atoms. The summed E-state index contributed by atoms with van der Waals surface area (Å²) in [5.74, 6) is 0.709. The number of fused-ring (bicyclic) bond motifs is 1. The maximum absolute atomic E-state index is 13.3. The van der Waals surface area contributed by atoms with Crippen molar-refractivity contribution in [2.24, 2.45) is 11.8 Å². The molecule has 2 saturated carbocycles. The first-order valence-electron chi connectivity index (χ1n) is 18.8. The Kier molecular flexibility index (Phi) is 12.4. The molecule has 2 aromatic carbocycles. The Bertz CT molecular complexity index is 1590. The smallest absolute Gasteiger partial charge is 0.406 e. The highest BCUT2D eigenvalue weighted by Crippen LogP contribution is 2.50. The Balaban J connectivity index is 1.41. The molecule has 0 aromatic heterocycles. The van der Waals surface area contributed by atoms with Gasteiger partial charge in [-0.25, -0.2) is 0 Å². The number of hydrogen-bond acceptors (Lipinski definition) is 4. The summed E-state index contributed by atoms with van der Waals surface area (Å²) in [6, 6.07) is 9.00. The highest BCUT2D eigenvalue weighted by molar-refractivity contribution is 5.72. The minimum Gasteiger partial charge on any atom is -0.406 e. The van der Waals surface area contributed by atoms with Crippen molar-refractivity contribution in [1.29, 1.82) is 0 Å². The fourth-order valence-corrected chi connectivity index (χ4v) is 8.30. The summed E-state index contributed by atoms with van der Waals surface area (Å²) in [6.07, 6.45) is 10.3. The largest absolute Gasteiger partial charge is 0.573 e. The van der Waals surface area contributed by atoms with Crippen LogP contribution in [0.4, 0.5) is 37.7 Å². The maximum atomic E-state index is 13.3. The predicted molar refractivity (Wildman–Crippen MR) is 197 cm³/mol. The molecule has 2 fully saturated rings. The molecule has 2 aromatic rings. The van der Waals surface area contributed by atoms with Crippen LogP contribution in [0, 0.1) is 11.8 Å². The highest BCUT2D eigenvalue weighted by atomic mass is 19.4. The van der Waals surface area contributed by atoms with Gasteiger partial charge in [0.2, 0.25) is 0 Å². The lowest BCUT2D eigenvalue weighted by Crippen LogP contribution is -2.28. The first kappa shape index (κ1) is 39.6. The summed E-state index contributed by atoms with van der Waals surface area (Å²) in [6.45, 7) is 13.7. The van der Waals surface area contributed by atoms with E-state index in [0.717, 1.165) is 42.0 Å². The molecule has 4 nitrogen and oxygen atoms in total. The van der Waals surface area contributed by atoms with Crippen molar-refractivity contribution < 1.29 is 35.8 Å². The van der Waals surface area contributed by atoms with Gasteiger partial charge in [0.05, 0.1) is 0 Å². The topological polar surface area (TPSA) is 33.7 Å². The number of rotatable bonds is 13. The van der Waals surface area contributed by atoms with Gasteiger partial charge in [-0.3, -0.25) is 0 Å². The van der Waals surface area contributed by atoms with Crippen LogP contribution in [0.2, 0.25) is 0 Å². The fourth-order valence-electron chi connectivity index (χ4n) is 8.30. The molecular weight excluding hydrogens is 678 g/mol. The van der Waals surface area contributed by atoms with Crippen LogP contribution in [0.15, 0.2) is 72.5 Å². The molecule has 5 rings (SSSR count). The number of benzene rings is 2. The van der Waals surface area contributed by atoms with Crippen molar-refractivity contribution in [2.75, 3.05) is 23.3 Å². The standard InChI is InChI=1S/C42H54F6N2O2/c1-29(39(2,3)34-27-32(51-41(43,44)45)19-21-36(34)49-25-23-30-14-8-6-9-15-30)13-12-18-38-40(4,5)35-28-33(52-42(46,47)48)20-22-37(35)50(38)26-24-31-16-10-7-11-17-31/h12-13,18-22,27-28,30-31,49H,1,6-11,14-17,23-26H2,2-5H3/b13-12+,38-18+. The Labute approximate surface area is 305 Å². The van der Waals surface area contributed by atoms with E-state index in [4.69, 9.17) is 0 Å². The lowest BCUT2D eigenvalue weighted by molar-refractivity contribution is -0.275. The molecule has 0 atom stereocenters. The van der Waals surface area contributed by atoms with Crippen molar-refractivity contribution in [1.82, 2.24) is 0 Å². The third kappa shape index (κ3) is 10.1. The zero-order valence-corrected chi connectivity index (χ0v) is 31.0. The molecule has 3 aliphatic rings. The number of anilines is 2. The SMILES string of the molecule is C=C(/C=C/C=C1/N(CCC2CCCCC2)c2ccc(OC(F)(F)F)cc2C1(C)C)C(C)(C)c1cc(OC(F)(F)F)ccc1NCCC1CCCCC1. The normalized spacial score (nSPS) is 19.7. The number of nitrogens with one attached hydrogen (secondary N) is 1. The second-order valence-electron chi connectivity index (χ2n) is 15.8. The van der Waals surface area contributed by atoms with Crippen molar-refractivity contribution >= 4 is 11.4 Å². The molecule has 1 N–H and O–H groups in total. The Morgan fingerprint density at radius 3 is 1.98 bits per heavy atom. The molecule has 2 aliphatic carbocycles. The van der Waals surface area contributed by atoms with E-state index in [1.165, 1.54) is 88.5 Å². The number of hydrogen-bond donors (Lipinski definition) is 1. The van der Waals surface area contributed by atoms with Crippen LogP contribution in [-0.2, 0) is 10.8 Å². The van der Waals surface area contributed by atoms with E-state index >= 15 is 0 Å². The van der Waals surface area contributed by atoms with E-state index in [1.807, 2.05) is 45.9 Å². The molecule has 0 saturated heterocycles. The van der Waals surface area contributed by atoms with Gasteiger partial charge in [0.25, 0.3) is 0 Å². The molecule has 286 valence electrons. The van der Waals surface area contributed by atoms with Crippen LogP contribution in [0.5, 0.6) is 11.5 Å². The molecule has 52 heavy (non-hydrogen) atoms. The van der Waals surface area contributed by atoms with Crippen LogP contribution < -0.4 is 19.7 Å². The fraction of sp³-hybridized carbons (Fsp3) is 0.571. The van der Waals surface area contributed by atoms with Crippen LogP contribution in [0.1, 0.15) is 116 Å². The van der Waals surface area contributed by atoms with Gasteiger partial charge in [-0.1, -0.05) is 111 Å². The average molecular weight is 733 g/mol. The Hall–Kier alpha value is -3.56. The molecule has 1 heterocycles. The first-order chi connectivity index (χ1) is 24.4. The van der Waals surface area contributed by atoms with Gasteiger partial charge in [0.1, 0.15) is 11.5 Å². The molecule has 0 unspecified atom stereocenters. The van der Waals surface area contributed by atoms with Crippen LogP contribution >= 0.6 is 0 Å². The van der Waals surface area contributed by atoms with E-state index in [0.29, 0.717) is 29.5 Å². The average Bonchev–Trinajstić information content (AvgIpc) is 3.28. The van der Waals surface area contributed by atoms with Gasteiger partial charge >= 0.3 is 12.7 Å². The van der Waals surface area contributed by atoms with E-state index < -0.39 is 23.6 Å². The maximum Gasteiger partial charge on any atom is 0.573 e. The summed E-state index contributed by atoms with van der Waals surface area (Å²) in [5, 5.41) is 3.50. The molecule has 1 aliphatic heterocycles. The summed E-state index contributed by atoms with van der Waals surface area (Å²) >= 11 is 0. The van der Waals surface area contributed by atoms with Gasteiger partial charge in [-0.05, 0) is 83.9 Å². The predicted octanol–water partition coefficient (Wildman–Crippen LogP) is 12.9. The summed E-state index contributed by atoms with van der Waals surface area (Å²) in [5.41, 5.74) is 3.18. The second kappa shape index (κ2) is 16.2. The number of nitrogens with zero attached hydrogens (tertiary/aromatic N) is 1. The minimum atomic E-state index is -4.82. The zero-order valence-electron chi connectivity index (χ0n) is 31.0. The van der Waals surface area contributed by atoms with E-state index in [-0.39, 0.29) is 11.5 Å². The second-order valence-corrected chi connectivity index (χ2v) is 15.8. The van der Waals surface area contributed by atoms with Crippen molar-refractivity contribution in [2.45, 2.75) is 128 Å². The van der Waals surface area contributed by atoms with Gasteiger partial charge < -0.3 is 19.7 Å². The summed E-state index contributed by atoms with van der Waals surface area (Å²) in [4.78, 5) is 2.21. The van der Waals surface area contributed by atoms with Gasteiger partial charge in [0.15, 0.2) is 0 Å². The summed E-state index contributed by atoms with van der Waals surface area (Å²) < 4.78 is 87.9. The van der Waals surface area contributed by atoms with Gasteiger partial charge in [0, 0.05) is 41.0 Å². The monoisotopic (exact) mass is 732 g/mol. The highest BCUT2D eigenvalue weighted by Gasteiger charge is 2.41. The number of allylic oxidation sites excluding steroid dienone is 5. The van der Waals surface area contributed by atoms with E-state index in [9.17, 15) is 26.3 Å². The van der Waals surface area contributed by atoms with Gasteiger partial charge in [-0.2, -0.15) is 0 Å². The van der Waals surface area contributed by atoms with Crippen LogP contribution in [-0.4, -0.2) is 25.8 Å². The van der Waals surface area contributed by atoms with Crippen molar-refractivity contribution in [3.05, 3.63) is 83.6 Å². The van der Waals surface area contributed by atoms with Crippen LogP contribution in [0.3, 0.4) is 0 Å². The molecular formula is C42H54F6N2O2. The third-order valence-corrected chi connectivity index (χ3v) is 11.4. The first-order valence-corrected chi connectivity index (χ1v) is 18.8. The van der Waals surface area contributed by atoms with Crippen molar-refractivity contribution in [3.8, 4) is 11.5 Å². The molecule has 0 radical (unpaired) electrons. The zero-order chi connectivity index (χ0) is 37.7. The Morgan fingerprint density at radius 2 is 1.38 bits per heavy atom. The van der Waals surface area contributed by atoms with E-state index in [1.54, 1.807) is 12.1 Å². The lowest BCUT2D eigenvalue weighted by atomic mass is 9.77. The molecule has 0 bridgehead atoms. The third-order valence-electron chi connectivity index (χ3n) is 11.4. The number of ether oxygens (including phenoxy) is 2. The molecule has 0 amide bonds. The summed E-state index contributed by atoms with van der Waals surface area (Å²) in [7, 11) is 0. The van der Waals surface area contributed by atoms with Crippen molar-refractivity contribution in [3.63, 3.8) is 0 Å². The van der Waals surface area contributed by atoms with Gasteiger partial charge in [-0.15, -0.1) is 26.3 Å². The van der Waals surface area contributed by atoms with Crippen LogP contribution in [0.25, 0.3) is 0 Å². The number of halogens is 6. The quantitative estimate of drug-likeness (QED) is 0.164. The lowest BCUT2D eigenvalue weighted by Gasteiger charge is -2.31.